The summed E-state index contributed by atoms with van der Waals surface area (Å²) in [7, 11) is 0. The second-order valence-corrected chi connectivity index (χ2v) is 4.34. The molecule has 0 aliphatic rings. The Labute approximate surface area is 97.1 Å². The van der Waals surface area contributed by atoms with Crippen molar-refractivity contribution >= 4 is 17.7 Å². The molecule has 1 aromatic heterocycles. The van der Waals surface area contributed by atoms with Crippen molar-refractivity contribution in [2.24, 2.45) is 0 Å². The van der Waals surface area contributed by atoms with Gasteiger partial charge in [-0.3, -0.25) is 4.98 Å². The zero-order chi connectivity index (χ0) is 12.1. The monoisotopic (exact) mass is 243 g/mol. The van der Waals surface area contributed by atoms with Gasteiger partial charge < -0.3 is 15.3 Å². The van der Waals surface area contributed by atoms with E-state index in [0.717, 1.165) is 0 Å². The number of aliphatic hydroxyl groups is 2. The molecule has 0 saturated carbocycles. The zero-order valence-corrected chi connectivity index (χ0v) is 9.57. The van der Waals surface area contributed by atoms with Crippen molar-refractivity contribution in [2.45, 2.75) is 17.9 Å². The molecule has 0 aliphatic carbocycles. The van der Waals surface area contributed by atoms with Gasteiger partial charge in [0.15, 0.2) is 0 Å². The molecule has 0 fully saturated rings. The molecule has 0 saturated heterocycles. The van der Waals surface area contributed by atoms with Gasteiger partial charge in [-0.25, -0.2) is 4.79 Å². The molecule has 0 radical (unpaired) electrons. The summed E-state index contributed by atoms with van der Waals surface area (Å²) in [5, 5.41) is 26.8. The summed E-state index contributed by atoms with van der Waals surface area (Å²) < 4.78 is 0. The maximum atomic E-state index is 10.9. The Morgan fingerprint density at radius 3 is 2.88 bits per heavy atom. The first-order chi connectivity index (χ1) is 7.54. The normalized spacial score (nSPS) is 12.4. The van der Waals surface area contributed by atoms with Gasteiger partial charge in [0.1, 0.15) is 0 Å². The molecule has 0 bridgehead atoms. The number of carboxylic acid groups (broad SMARTS) is 1. The van der Waals surface area contributed by atoms with Gasteiger partial charge in [0, 0.05) is 22.5 Å². The summed E-state index contributed by atoms with van der Waals surface area (Å²) in [4.78, 5) is 15.3. The Kier molecular flexibility index (Phi) is 4.72. The maximum Gasteiger partial charge on any atom is 0.338 e. The van der Waals surface area contributed by atoms with Crippen LogP contribution in [-0.4, -0.2) is 44.7 Å². The topological polar surface area (TPSA) is 90.7 Å². The molecule has 0 aromatic carbocycles. The third-order valence-electron chi connectivity index (χ3n) is 1.88. The molecule has 1 heterocycles. The van der Waals surface area contributed by atoms with Crippen molar-refractivity contribution in [3.05, 3.63) is 23.5 Å². The lowest BCUT2D eigenvalue weighted by molar-refractivity contribution is 0.0692. The molecule has 5 nitrogen and oxygen atoms in total. The molecule has 1 atom stereocenters. The third kappa shape index (κ3) is 3.48. The predicted molar refractivity (Wildman–Crippen MR) is 59.7 cm³/mol. The van der Waals surface area contributed by atoms with E-state index in [4.69, 9.17) is 10.2 Å². The maximum absolute atomic E-state index is 10.9. The first-order valence-electron chi connectivity index (χ1n) is 4.66. The SMILES string of the molecule is Cc1cc(SCC(O)CO)c(C(=O)O)cn1. The van der Waals surface area contributed by atoms with E-state index in [1.54, 1.807) is 13.0 Å². The highest BCUT2D eigenvalue weighted by Crippen LogP contribution is 2.23. The van der Waals surface area contributed by atoms with E-state index >= 15 is 0 Å². The van der Waals surface area contributed by atoms with Crippen LogP contribution in [0.5, 0.6) is 0 Å². The van der Waals surface area contributed by atoms with Gasteiger partial charge in [0.25, 0.3) is 0 Å². The highest BCUT2D eigenvalue weighted by molar-refractivity contribution is 7.99. The van der Waals surface area contributed by atoms with E-state index in [1.807, 2.05) is 0 Å². The lowest BCUT2D eigenvalue weighted by Gasteiger charge is -2.09. The van der Waals surface area contributed by atoms with Crippen molar-refractivity contribution < 1.29 is 20.1 Å². The number of rotatable bonds is 5. The summed E-state index contributed by atoms with van der Waals surface area (Å²) in [6.45, 7) is 1.43. The van der Waals surface area contributed by atoms with Crippen molar-refractivity contribution in [3.63, 3.8) is 0 Å². The van der Waals surface area contributed by atoms with Crippen LogP contribution in [0.4, 0.5) is 0 Å². The van der Waals surface area contributed by atoms with Crippen LogP contribution in [0.25, 0.3) is 0 Å². The highest BCUT2D eigenvalue weighted by atomic mass is 32.2. The quantitative estimate of drug-likeness (QED) is 0.654. The van der Waals surface area contributed by atoms with Crippen LogP contribution < -0.4 is 0 Å². The van der Waals surface area contributed by atoms with Crippen LogP contribution in [0.2, 0.25) is 0 Å². The third-order valence-corrected chi connectivity index (χ3v) is 3.08. The molecular formula is C10H13NO4S. The number of carbonyl (C=O) groups is 1. The van der Waals surface area contributed by atoms with Gasteiger partial charge in [-0.2, -0.15) is 0 Å². The molecule has 3 N–H and O–H groups in total. The molecule has 16 heavy (non-hydrogen) atoms. The number of aromatic carboxylic acids is 1. The zero-order valence-electron chi connectivity index (χ0n) is 8.75. The average molecular weight is 243 g/mol. The predicted octanol–water partition coefficient (Wildman–Crippen LogP) is 0.534. The van der Waals surface area contributed by atoms with Gasteiger partial charge in [0.2, 0.25) is 0 Å². The molecule has 88 valence electrons. The highest BCUT2D eigenvalue weighted by Gasteiger charge is 2.13. The number of carboxylic acids is 1. The minimum absolute atomic E-state index is 0.112. The number of hydrogen-bond acceptors (Lipinski definition) is 5. The van der Waals surface area contributed by atoms with E-state index < -0.39 is 12.1 Å². The summed E-state index contributed by atoms with van der Waals surface area (Å²) in [6.07, 6.45) is 0.450. The lowest BCUT2D eigenvalue weighted by Crippen LogP contribution is -2.15. The number of hydrogen-bond donors (Lipinski definition) is 3. The number of pyridine rings is 1. The standard InChI is InChI=1S/C10H13NO4S/c1-6-2-9(16-5-7(13)4-12)8(3-11-6)10(14)15/h2-3,7,12-13H,4-5H2,1H3,(H,14,15). The van der Waals surface area contributed by atoms with E-state index in [0.29, 0.717) is 10.6 Å². The van der Waals surface area contributed by atoms with Crippen LogP contribution in [0.15, 0.2) is 17.2 Å². The molecule has 0 spiro atoms. The molecule has 0 aliphatic heterocycles. The molecule has 0 amide bonds. The van der Waals surface area contributed by atoms with Gasteiger partial charge in [-0.1, -0.05) is 0 Å². The lowest BCUT2D eigenvalue weighted by atomic mass is 10.2. The minimum atomic E-state index is -1.05. The van der Waals surface area contributed by atoms with E-state index in [2.05, 4.69) is 4.98 Å². The Bertz CT molecular complexity index is 383. The average Bonchev–Trinajstić information content (AvgIpc) is 2.25. The first kappa shape index (κ1) is 13.0. The van der Waals surface area contributed by atoms with E-state index in [-0.39, 0.29) is 17.9 Å². The molecular weight excluding hydrogens is 230 g/mol. The van der Waals surface area contributed by atoms with Crippen molar-refractivity contribution in [3.8, 4) is 0 Å². The number of aryl methyl sites for hydroxylation is 1. The summed E-state index contributed by atoms with van der Waals surface area (Å²) in [6, 6.07) is 1.65. The second kappa shape index (κ2) is 5.83. The summed E-state index contributed by atoms with van der Waals surface area (Å²) in [5.41, 5.74) is 0.826. The Morgan fingerprint density at radius 1 is 1.62 bits per heavy atom. The van der Waals surface area contributed by atoms with Crippen LogP contribution >= 0.6 is 11.8 Å². The van der Waals surface area contributed by atoms with Crippen LogP contribution in [-0.2, 0) is 0 Å². The smallest absolute Gasteiger partial charge is 0.338 e. The van der Waals surface area contributed by atoms with Crippen molar-refractivity contribution in [1.29, 1.82) is 0 Å². The fourth-order valence-electron chi connectivity index (χ4n) is 1.05. The Hall–Kier alpha value is -1.11. The van der Waals surface area contributed by atoms with Gasteiger partial charge in [-0.15, -0.1) is 11.8 Å². The fraction of sp³-hybridized carbons (Fsp3) is 0.400. The number of aliphatic hydroxyl groups excluding tert-OH is 2. The van der Waals surface area contributed by atoms with Crippen molar-refractivity contribution in [2.75, 3.05) is 12.4 Å². The van der Waals surface area contributed by atoms with E-state index in [1.165, 1.54) is 18.0 Å². The summed E-state index contributed by atoms with van der Waals surface area (Å²) >= 11 is 1.19. The summed E-state index contributed by atoms with van der Waals surface area (Å²) in [5.74, 6) is -0.797. The largest absolute Gasteiger partial charge is 0.478 e. The van der Waals surface area contributed by atoms with Gasteiger partial charge in [-0.05, 0) is 13.0 Å². The first-order valence-corrected chi connectivity index (χ1v) is 5.64. The molecule has 1 unspecified atom stereocenters. The Balaban J connectivity index is 2.84. The molecule has 1 rings (SSSR count). The van der Waals surface area contributed by atoms with E-state index in [9.17, 15) is 9.90 Å². The van der Waals surface area contributed by atoms with Gasteiger partial charge in [0.05, 0.1) is 18.3 Å². The van der Waals surface area contributed by atoms with Crippen LogP contribution in [0.3, 0.4) is 0 Å². The van der Waals surface area contributed by atoms with Crippen LogP contribution in [0, 0.1) is 6.92 Å². The fourth-order valence-corrected chi connectivity index (χ4v) is 2.08. The number of nitrogens with zero attached hydrogens (tertiary/aromatic N) is 1. The minimum Gasteiger partial charge on any atom is -0.478 e. The molecule has 6 heteroatoms. The van der Waals surface area contributed by atoms with Crippen molar-refractivity contribution in [1.82, 2.24) is 4.98 Å². The molecule has 1 aromatic rings. The van der Waals surface area contributed by atoms with Gasteiger partial charge >= 0.3 is 5.97 Å². The Morgan fingerprint density at radius 2 is 2.31 bits per heavy atom. The second-order valence-electron chi connectivity index (χ2n) is 3.27. The number of aromatic nitrogens is 1. The van der Waals surface area contributed by atoms with Crippen LogP contribution in [0.1, 0.15) is 16.1 Å². The number of thioether (sulfide) groups is 1.